The number of hydrogen-bond donors (Lipinski definition) is 3. The smallest absolute Gasteiger partial charge is 0.144 e. The molecule has 1 aliphatic heterocycles. The van der Waals surface area contributed by atoms with Crippen molar-refractivity contribution in [2.75, 3.05) is 0 Å². The van der Waals surface area contributed by atoms with Crippen LogP contribution in [0.4, 0.5) is 0 Å². The predicted molar refractivity (Wildman–Crippen MR) is 81.3 cm³/mol. The molecule has 1 fully saturated rings. The Morgan fingerprint density at radius 2 is 1.71 bits per heavy atom. The summed E-state index contributed by atoms with van der Waals surface area (Å²) in [6.45, 7) is 3.98. The van der Waals surface area contributed by atoms with Crippen molar-refractivity contribution in [1.29, 1.82) is 0 Å². The highest BCUT2D eigenvalue weighted by atomic mass is 16.6. The van der Waals surface area contributed by atoms with Gasteiger partial charge in [-0.2, -0.15) is 0 Å². The summed E-state index contributed by atoms with van der Waals surface area (Å²) in [6.07, 6.45) is 3.01. The van der Waals surface area contributed by atoms with Gasteiger partial charge in [0.2, 0.25) is 0 Å². The van der Waals surface area contributed by atoms with Crippen LogP contribution in [0.15, 0.2) is 0 Å². The van der Waals surface area contributed by atoms with E-state index in [1.54, 1.807) is 0 Å². The van der Waals surface area contributed by atoms with Crippen molar-refractivity contribution in [3.05, 3.63) is 0 Å². The number of aliphatic hydroxyl groups is 3. The molecule has 0 spiro atoms. The molecule has 0 aromatic carbocycles. The van der Waals surface area contributed by atoms with Crippen LogP contribution in [0.2, 0.25) is 0 Å². The van der Waals surface area contributed by atoms with Gasteiger partial charge >= 0.3 is 0 Å². The molecule has 5 atom stereocenters. The van der Waals surface area contributed by atoms with E-state index >= 15 is 0 Å². The van der Waals surface area contributed by atoms with E-state index in [1.165, 1.54) is 19.3 Å². The first kappa shape index (κ1) is 18.0. The summed E-state index contributed by atoms with van der Waals surface area (Å²) < 4.78 is 5.39. The van der Waals surface area contributed by atoms with Gasteiger partial charge in [-0.1, -0.05) is 51.4 Å². The van der Waals surface area contributed by atoms with Crippen molar-refractivity contribution in [3.8, 4) is 23.7 Å². The van der Waals surface area contributed by atoms with Crippen LogP contribution < -0.4 is 0 Å². The zero-order chi connectivity index (χ0) is 15.7. The summed E-state index contributed by atoms with van der Waals surface area (Å²) in [6, 6.07) is 0. The summed E-state index contributed by atoms with van der Waals surface area (Å²) in [5.74, 6) is 9.92. The Hall–Kier alpha value is -1.04. The Kier molecular flexibility index (Phi) is 8.42. The molecule has 3 N–H and O–H groups in total. The van der Waals surface area contributed by atoms with Gasteiger partial charge in [0, 0.05) is 0 Å². The number of aliphatic hydroxyl groups excluding tert-OH is 3. The van der Waals surface area contributed by atoms with E-state index in [0.717, 1.165) is 12.8 Å². The van der Waals surface area contributed by atoms with Gasteiger partial charge in [0.15, 0.2) is 0 Å². The van der Waals surface area contributed by atoms with E-state index in [1.807, 2.05) is 6.92 Å². The second-order valence-electron chi connectivity index (χ2n) is 5.39. The molecule has 1 saturated heterocycles. The highest BCUT2D eigenvalue weighted by molar-refractivity contribution is 5.29. The fourth-order valence-electron chi connectivity index (χ4n) is 2.06. The highest BCUT2D eigenvalue weighted by Crippen LogP contribution is 2.31. The van der Waals surface area contributed by atoms with Crippen molar-refractivity contribution in [3.63, 3.8) is 0 Å². The van der Waals surface area contributed by atoms with E-state index < -0.39 is 18.3 Å². The monoisotopic (exact) mass is 294 g/mol. The minimum Gasteiger partial charge on any atom is -0.387 e. The SMILES string of the molecule is CCCCCCC1OC1[C@@H](O)[C@H](O)C#CC#C[C@@H](O)CC. The fraction of sp³-hybridized carbons (Fsp3) is 0.765. The van der Waals surface area contributed by atoms with Crippen LogP contribution in [0, 0.1) is 23.7 Å². The molecule has 1 rings (SSSR count). The van der Waals surface area contributed by atoms with Crippen LogP contribution in [0.25, 0.3) is 0 Å². The van der Waals surface area contributed by atoms with Crippen molar-refractivity contribution in [2.24, 2.45) is 0 Å². The van der Waals surface area contributed by atoms with E-state index in [9.17, 15) is 15.3 Å². The van der Waals surface area contributed by atoms with E-state index in [4.69, 9.17) is 4.74 Å². The second kappa shape index (κ2) is 9.82. The molecule has 21 heavy (non-hydrogen) atoms. The maximum Gasteiger partial charge on any atom is 0.144 e. The Labute approximate surface area is 127 Å². The van der Waals surface area contributed by atoms with Gasteiger partial charge in [-0.3, -0.25) is 0 Å². The fourth-order valence-corrected chi connectivity index (χ4v) is 2.06. The van der Waals surface area contributed by atoms with Crippen LogP contribution in [0.5, 0.6) is 0 Å². The molecular weight excluding hydrogens is 268 g/mol. The number of hydrogen-bond acceptors (Lipinski definition) is 4. The zero-order valence-corrected chi connectivity index (χ0v) is 12.9. The molecule has 0 aromatic heterocycles. The Balaban J connectivity index is 2.27. The quantitative estimate of drug-likeness (QED) is 0.357. The third-order valence-electron chi connectivity index (χ3n) is 3.53. The van der Waals surface area contributed by atoms with Crippen molar-refractivity contribution in [2.45, 2.75) is 82.9 Å². The van der Waals surface area contributed by atoms with Crippen molar-refractivity contribution >= 4 is 0 Å². The molecule has 0 saturated carbocycles. The summed E-state index contributed by atoms with van der Waals surface area (Å²) in [5.41, 5.74) is 0. The van der Waals surface area contributed by atoms with Crippen molar-refractivity contribution < 1.29 is 20.1 Å². The van der Waals surface area contributed by atoms with Crippen LogP contribution >= 0.6 is 0 Å². The summed E-state index contributed by atoms with van der Waals surface area (Å²) in [4.78, 5) is 0. The average Bonchev–Trinajstić information content (AvgIpc) is 3.26. The molecule has 4 nitrogen and oxygen atoms in total. The van der Waals surface area contributed by atoms with Crippen molar-refractivity contribution in [1.82, 2.24) is 0 Å². The molecule has 2 unspecified atom stereocenters. The molecule has 0 radical (unpaired) electrons. The Bertz CT molecular complexity index is 412. The lowest BCUT2D eigenvalue weighted by molar-refractivity contribution is 0.0344. The predicted octanol–water partition coefficient (Wildman–Crippen LogP) is 1.22. The lowest BCUT2D eigenvalue weighted by Gasteiger charge is -2.09. The third-order valence-corrected chi connectivity index (χ3v) is 3.53. The molecule has 0 amide bonds. The lowest BCUT2D eigenvalue weighted by atomic mass is 10.0. The standard InChI is InChI=1S/C17H26O4/c1-3-5-6-7-12-15-17(21-15)16(20)14(19)11-9-8-10-13(18)4-2/h13-20H,3-7,12H2,1-2H3/t13-,14+,15?,16-,17?/m0/s1. The number of unbranched alkanes of at least 4 members (excludes halogenated alkanes) is 3. The molecule has 4 heteroatoms. The second-order valence-corrected chi connectivity index (χ2v) is 5.39. The van der Waals surface area contributed by atoms with Crippen LogP contribution in [0.1, 0.15) is 52.4 Å². The van der Waals surface area contributed by atoms with Gasteiger partial charge in [-0.25, -0.2) is 0 Å². The molecule has 118 valence electrons. The molecule has 0 aliphatic carbocycles. The summed E-state index contributed by atoms with van der Waals surface area (Å²) in [7, 11) is 0. The minimum absolute atomic E-state index is 0.0429. The molecule has 1 heterocycles. The largest absolute Gasteiger partial charge is 0.387 e. The molecule has 0 bridgehead atoms. The Morgan fingerprint density at radius 3 is 2.38 bits per heavy atom. The topological polar surface area (TPSA) is 73.2 Å². The van der Waals surface area contributed by atoms with Crippen LogP contribution in [-0.4, -0.2) is 45.8 Å². The molecule has 0 aromatic rings. The first-order valence-electron chi connectivity index (χ1n) is 7.80. The Morgan fingerprint density at radius 1 is 1.00 bits per heavy atom. The van der Waals surface area contributed by atoms with Crippen LogP contribution in [-0.2, 0) is 4.74 Å². The highest BCUT2D eigenvalue weighted by Gasteiger charge is 2.45. The number of epoxide rings is 1. The summed E-state index contributed by atoms with van der Waals surface area (Å²) in [5, 5.41) is 28.9. The van der Waals surface area contributed by atoms with Crippen LogP contribution in [0.3, 0.4) is 0 Å². The first-order valence-corrected chi connectivity index (χ1v) is 7.80. The number of ether oxygens (including phenoxy) is 1. The lowest BCUT2D eigenvalue weighted by Crippen LogP contribution is -2.30. The van der Waals surface area contributed by atoms with E-state index in [-0.39, 0.29) is 12.2 Å². The van der Waals surface area contributed by atoms with Gasteiger partial charge in [-0.05, 0) is 24.7 Å². The number of rotatable bonds is 8. The maximum atomic E-state index is 9.91. The van der Waals surface area contributed by atoms with Gasteiger partial charge in [-0.15, -0.1) is 0 Å². The maximum absolute atomic E-state index is 9.91. The van der Waals surface area contributed by atoms with E-state index in [0.29, 0.717) is 6.42 Å². The average molecular weight is 294 g/mol. The summed E-state index contributed by atoms with van der Waals surface area (Å²) >= 11 is 0. The third kappa shape index (κ3) is 6.98. The van der Waals surface area contributed by atoms with Gasteiger partial charge in [0.25, 0.3) is 0 Å². The van der Waals surface area contributed by atoms with Gasteiger partial charge in [0.05, 0.1) is 6.10 Å². The molecular formula is C17H26O4. The van der Waals surface area contributed by atoms with Gasteiger partial charge in [0.1, 0.15) is 24.4 Å². The molecule has 1 aliphatic rings. The first-order chi connectivity index (χ1) is 10.1. The van der Waals surface area contributed by atoms with E-state index in [2.05, 4.69) is 30.6 Å². The minimum atomic E-state index is -1.16. The normalized spacial score (nSPS) is 24.0. The zero-order valence-electron chi connectivity index (χ0n) is 12.9. The van der Waals surface area contributed by atoms with Gasteiger partial charge < -0.3 is 20.1 Å².